The SMILES string of the molecule is CN(C)CCCOc1cccc(C(N)=O)n1. The van der Waals surface area contributed by atoms with Crippen molar-refractivity contribution in [2.45, 2.75) is 6.42 Å². The summed E-state index contributed by atoms with van der Waals surface area (Å²) in [5, 5.41) is 0. The highest BCUT2D eigenvalue weighted by molar-refractivity contribution is 5.90. The summed E-state index contributed by atoms with van der Waals surface area (Å²) >= 11 is 0. The van der Waals surface area contributed by atoms with Crippen molar-refractivity contribution < 1.29 is 9.53 Å². The summed E-state index contributed by atoms with van der Waals surface area (Å²) < 4.78 is 5.40. The van der Waals surface area contributed by atoms with Gasteiger partial charge in [-0.3, -0.25) is 4.79 Å². The Labute approximate surface area is 95.2 Å². The fourth-order valence-electron chi connectivity index (χ4n) is 1.19. The van der Waals surface area contributed by atoms with Crippen molar-refractivity contribution in [1.29, 1.82) is 0 Å². The number of rotatable bonds is 6. The molecule has 0 unspecified atom stereocenters. The zero-order valence-electron chi connectivity index (χ0n) is 9.64. The van der Waals surface area contributed by atoms with E-state index in [1.54, 1.807) is 18.2 Å². The maximum atomic E-state index is 10.9. The van der Waals surface area contributed by atoms with Crippen molar-refractivity contribution in [3.05, 3.63) is 23.9 Å². The molecule has 1 aromatic rings. The monoisotopic (exact) mass is 223 g/mol. The van der Waals surface area contributed by atoms with E-state index in [-0.39, 0.29) is 5.69 Å². The predicted molar refractivity (Wildman–Crippen MR) is 61.4 cm³/mol. The van der Waals surface area contributed by atoms with Crippen LogP contribution < -0.4 is 10.5 Å². The van der Waals surface area contributed by atoms with Crippen molar-refractivity contribution in [3.63, 3.8) is 0 Å². The summed E-state index contributed by atoms with van der Waals surface area (Å²) in [6.45, 7) is 1.53. The summed E-state index contributed by atoms with van der Waals surface area (Å²) in [4.78, 5) is 16.9. The Morgan fingerprint density at radius 1 is 1.50 bits per heavy atom. The first-order chi connectivity index (χ1) is 7.59. The van der Waals surface area contributed by atoms with Gasteiger partial charge in [0.05, 0.1) is 6.61 Å². The van der Waals surface area contributed by atoms with Crippen molar-refractivity contribution in [3.8, 4) is 5.88 Å². The van der Waals surface area contributed by atoms with Crippen LogP contribution in [0.4, 0.5) is 0 Å². The lowest BCUT2D eigenvalue weighted by atomic mass is 10.3. The van der Waals surface area contributed by atoms with Gasteiger partial charge in [-0.05, 0) is 26.6 Å². The van der Waals surface area contributed by atoms with Crippen molar-refractivity contribution in [2.75, 3.05) is 27.2 Å². The van der Waals surface area contributed by atoms with Crippen LogP contribution in [-0.4, -0.2) is 43.0 Å². The van der Waals surface area contributed by atoms with Gasteiger partial charge < -0.3 is 15.4 Å². The van der Waals surface area contributed by atoms with E-state index in [9.17, 15) is 4.79 Å². The molecule has 16 heavy (non-hydrogen) atoms. The van der Waals surface area contributed by atoms with Crippen molar-refractivity contribution in [1.82, 2.24) is 9.88 Å². The zero-order chi connectivity index (χ0) is 12.0. The molecule has 2 N–H and O–H groups in total. The minimum Gasteiger partial charge on any atom is -0.478 e. The molecule has 0 aliphatic carbocycles. The average molecular weight is 223 g/mol. The van der Waals surface area contributed by atoms with E-state index in [1.807, 2.05) is 14.1 Å². The third kappa shape index (κ3) is 4.27. The summed E-state index contributed by atoms with van der Waals surface area (Å²) in [6.07, 6.45) is 0.912. The summed E-state index contributed by atoms with van der Waals surface area (Å²) in [7, 11) is 4.01. The molecule has 1 rings (SSSR count). The Hall–Kier alpha value is -1.62. The topological polar surface area (TPSA) is 68.5 Å². The first-order valence-corrected chi connectivity index (χ1v) is 5.14. The van der Waals surface area contributed by atoms with Gasteiger partial charge in [-0.1, -0.05) is 6.07 Å². The molecule has 0 radical (unpaired) electrons. The van der Waals surface area contributed by atoms with E-state index in [4.69, 9.17) is 10.5 Å². The molecule has 0 fully saturated rings. The molecular weight excluding hydrogens is 206 g/mol. The summed E-state index contributed by atoms with van der Waals surface area (Å²) in [5.74, 6) is -0.103. The maximum absolute atomic E-state index is 10.9. The molecule has 5 nitrogen and oxygen atoms in total. The molecule has 5 heteroatoms. The van der Waals surface area contributed by atoms with Gasteiger partial charge >= 0.3 is 0 Å². The number of aromatic nitrogens is 1. The molecule has 0 bridgehead atoms. The first kappa shape index (κ1) is 12.4. The predicted octanol–water partition coefficient (Wildman–Crippen LogP) is 0.511. The number of hydrogen-bond acceptors (Lipinski definition) is 4. The number of nitrogens with zero attached hydrogens (tertiary/aromatic N) is 2. The van der Waals surface area contributed by atoms with Gasteiger partial charge in [0.25, 0.3) is 5.91 Å². The Morgan fingerprint density at radius 3 is 2.88 bits per heavy atom. The van der Waals surface area contributed by atoms with Crippen LogP contribution in [0.25, 0.3) is 0 Å². The molecule has 0 atom stereocenters. The highest BCUT2D eigenvalue weighted by atomic mass is 16.5. The Bertz CT molecular complexity index is 353. The second-order valence-corrected chi connectivity index (χ2v) is 3.73. The molecule has 1 aromatic heterocycles. The smallest absolute Gasteiger partial charge is 0.267 e. The fourth-order valence-corrected chi connectivity index (χ4v) is 1.19. The first-order valence-electron chi connectivity index (χ1n) is 5.14. The second kappa shape index (κ2) is 6.07. The van der Waals surface area contributed by atoms with Gasteiger partial charge in [-0.2, -0.15) is 0 Å². The molecule has 0 spiro atoms. The lowest BCUT2D eigenvalue weighted by Gasteiger charge is -2.09. The van der Waals surface area contributed by atoms with E-state index < -0.39 is 5.91 Å². The normalized spacial score (nSPS) is 10.4. The third-order valence-corrected chi connectivity index (χ3v) is 1.98. The lowest BCUT2D eigenvalue weighted by Crippen LogP contribution is -2.16. The van der Waals surface area contributed by atoms with Crippen LogP contribution >= 0.6 is 0 Å². The molecule has 0 saturated carbocycles. The van der Waals surface area contributed by atoms with Crippen molar-refractivity contribution >= 4 is 5.91 Å². The minimum absolute atomic E-state index is 0.227. The number of pyridine rings is 1. The minimum atomic E-state index is -0.543. The highest BCUT2D eigenvalue weighted by Gasteiger charge is 2.03. The van der Waals surface area contributed by atoms with Gasteiger partial charge in [-0.25, -0.2) is 4.98 Å². The van der Waals surface area contributed by atoms with Crippen LogP contribution in [0, 0.1) is 0 Å². The fraction of sp³-hybridized carbons (Fsp3) is 0.455. The molecular formula is C11H17N3O2. The van der Waals surface area contributed by atoms with Crippen LogP contribution in [-0.2, 0) is 0 Å². The lowest BCUT2D eigenvalue weighted by molar-refractivity contribution is 0.0994. The number of ether oxygens (including phenoxy) is 1. The Morgan fingerprint density at radius 2 is 2.25 bits per heavy atom. The van der Waals surface area contributed by atoms with Crippen molar-refractivity contribution in [2.24, 2.45) is 5.73 Å². The van der Waals surface area contributed by atoms with Crippen LogP contribution in [0.1, 0.15) is 16.9 Å². The Kier molecular flexibility index (Phi) is 4.72. The standard InChI is InChI=1S/C11H17N3O2/c1-14(2)7-4-8-16-10-6-3-5-9(13-10)11(12)15/h3,5-6H,4,7-8H2,1-2H3,(H2,12,15). The zero-order valence-corrected chi connectivity index (χ0v) is 9.64. The highest BCUT2D eigenvalue weighted by Crippen LogP contribution is 2.07. The van der Waals surface area contributed by atoms with Crippen LogP contribution in [0.15, 0.2) is 18.2 Å². The number of primary amides is 1. The van der Waals surface area contributed by atoms with Gasteiger partial charge in [0.1, 0.15) is 5.69 Å². The molecule has 0 aromatic carbocycles. The number of hydrogen-bond donors (Lipinski definition) is 1. The quantitative estimate of drug-likeness (QED) is 0.713. The number of amides is 1. The van der Waals surface area contributed by atoms with E-state index in [0.717, 1.165) is 13.0 Å². The second-order valence-electron chi connectivity index (χ2n) is 3.73. The van der Waals surface area contributed by atoms with E-state index in [1.165, 1.54) is 0 Å². The number of nitrogens with two attached hydrogens (primary N) is 1. The molecule has 1 amide bonds. The van der Waals surface area contributed by atoms with E-state index in [0.29, 0.717) is 12.5 Å². The van der Waals surface area contributed by atoms with Crippen LogP contribution in [0.2, 0.25) is 0 Å². The molecule has 0 saturated heterocycles. The Balaban J connectivity index is 2.42. The molecule has 0 aliphatic heterocycles. The molecule has 0 aliphatic rings. The number of carbonyl (C=O) groups excluding carboxylic acids is 1. The summed E-state index contributed by atoms with van der Waals surface area (Å²) in [5.41, 5.74) is 5.34. The van der Waals surface area contributed by atoms with Gasteiger partial charge in [0, 0.05) is 12.6 Å². The van der Waals surface area contributed by atoms with Crippen LogP contribution in [0.3, 0.4) is 0 Å². The number of carbonyl (C=O) groups is 1. The van der Waals surface area contributed by atoms with E-state index in [2.05, 4.69) is 9.88 Å². The van der Waals surface area contributed by atoms with Gasteiger partial charge in [-0.15, -0.1) is 0 Å². The average Bonchev–Trinajstić information content (AvgIpc) is 2.24. The summed E-state index contributed by atoms with van der Waals surface area (Å²) in [6, 6.07) is 4.98. The molecule has 88 valence electrons. The maximum Gasteiger partial charge on any atom is 0.267 e. The van der Waals surface area contributed by atoms with Gasteiger partial charge in [0.2, 0.25) is 5.88 Å². The largest absolute Gasteiger partial charge is 0.478 e. The third-order valence-electron chi connectivity index (χ3n) is 1.98. The molecule has 1 heterocycles. The van der Waals surface area contributed by atoms with Gasteiger partial charge in [0.15, 0.2) is 0 Å². The van der Waals surface area contributed by atoms with E-state index >= 15 is 0 Å². The van der Waals surface area contributed by atoms with Crippen LogP contribution in [0.5, 0.6) is 5.88 Å².